The van der Waals surface area contributed by atoms with Gasteiger partial charge in [0.05, 0.1) is 22.1 Å². The average molecular weight is 797 g/mol. The van der Waals surface area contributed by atoms with E-state index in [1.807, 2.05) is 18.2 Å². The molecule has 0 atom stereocenters. The number of thiophene rings is 1. The SMILES string of the molecule is c1ccc(-c2cccc(-c3nc(-c4cc(-n5c6ccccc6c6cc7ccccc7cc65)c5c(c4)oc4ccccc45)nc(-c4ccc5c(c4)sc4ccccc45)n3)c2)cc1. The van der Waals surface area contributed by atoms with Crippen LogP contribution in [0.15, 0.2) is 199 Å². The van der Waals surface area contributed by atoms with E-state index in [0.717, 1.165) is 66.5 Å². The Kier molecular flexibility index (Phi) is 7.41. The largest absolute Gasteiger partial charge is 0.456 e. The summed E-state index contributed by atoms with van der Waals surface area (Å²) >= 11 is 1.79. The number of benzene rings is 9. The smallest absolute Gasteiger partial charge is 0.164 e. The second-order valence-corrected chi connectivity index (χ2v) is 16.7. The van der Waals surface area contributed by atoms with Crippen molar-refractivity contribution in [1.29, 1.82) is 0 Å². The minimum Gasteiger partial charge on any atom is -0.456 e. The van der Waals surface area contributed by atoms with Crippen molar-refractivity contribution in [2.75, 3.05) is 0 Å². The fraction of sp³-hybridized carbons (Fsp3) is 0. The van der Waals surface area contributed by atoms with E-state index in [1.54, 1.807) is 11.3 Å². The molecule has 0 radical (unpaired) electrons. The molecule has 0 saturated carbocycles. The number of nitrogens with zero attached hydrogens (tertiary/aromatic N) is 4. The summed E-state index contributed by atoms with van der Waals surface area (Å²) in [7, 11) is 0. The predicted octanol–water partition coefficient (Wildman–Crippen LogP) is 15.1. The first-order valence-electron chi connectivity index (χ1n) is 20.4. The molecule has 6 heteroatoms. The summed E-state index contributed by atoms with van der Waals surface area (Å²) in [6.07, 6.45) is 0. The minimum absolute atomic E-state index is 0.566. The molecule has 61 heavy (non-hydrogen) atoms. The monoisotopic (exact) mass is 796 g/mol. The van der Waals surface area contributed by atoms with Crippen molar-refractivity contribution in [1.82, 2.24) is 19.5 Å². The molecule has 4 aromatic heterocycles. The highest BCUT2D eigenvalue weighted by atomic mass is 32.1. The number of rotatable bonds is 5. The Morgan fingerprint density at radius 2 is 1.00 bits per heavy atom. The quantitative estimate of drug-likeness (QED) is 0.174. The van der Waals surface area contributed by atoms with E-state index in [2.05, 4.69) is 180 Å². The van der Waals surface area contributed by atoms with Gasteiger partial charge in [-0.3, -0.25) is 0 Å². The van der Waals surface area contributed by atoms with Crippen LogP contribution in [-0.2, 0) is 0 Å². The van der Waals surface area contributed by atoms with Crippen molar-refractivity contribution in [2.24, 2.45) is 0 Å². The van der Waals surface area contributed by atoms with Crippen LogP contribution in [0.5, 0.6) is 0 Å². The standard InChI is InChI=1S/C55H32N4OS/c1-2-13-33(14-3-1)34-17-12-18-37(27-34)53-56-54(38-25-26-42-41-20-8-11-24-50(41)61-51(42)32-38)58-55(57-53)39-30-47(52-43-21-7-10-23-48(43)60-49(52)31-39)59-45-22-9-6-19-40(45)44-28-35-15-4-5-16-36(35)29-46(44)59/h1-32H. The van der Waals surface area contributed by atoms with E-state index in [4.69, 9.17) is 19.4 Å². The Hall–Kier alpha value is -7.93. The number of fused-ring (bicyclic) bond motifs is 10. The molecule has 5 nitrogen and oxygen atoms in total. The van der Waals surface area contributed by atoms with E-state index >= 15 is 0 Å². The fourth-order valence-electron chi connectivity index (χ4n) is 9.15. The molecule has 0 aliphatic rings. The van der Waals surface area contributed by atoms with Gasteiger partial charge in [-0.25, -0.2) is 15.0 Å². The molecule has 0 N–H and O–H groups in total. The van der Waals surface area contributed by atoms with Crippen LogP contribution in [0.2, 0.25) is 0 Å². The van der Waals surface area contributed by atoms with E-state index in [1.165, 1.54) is 41.7 Å². The molecule has 13 aromatic rings. The van der Waals surface area contributed by atoms with Crippen molar-refractivity contribution in [3.63, 3.8) is 0 Å². The first-order chi connectivity index (χ1) is 30.2. The lowest BCUT2D eigenvalue weighted by atomic mass is 10.0. The summed E-state index contributed by atoms with van der Waals surface area (Å²) in [6.45, 7) is 0. The van der Waals surface area contributed by atoms with Crippen LogP contribution in [0.3, 0.4) is 0 Å². The summed E-state index contributed by atoms with van der Waals surface area (Å²) in [5.74, 6) is 1.78. The molecular weight excluding hydrogens is 765 g/mol. The van der Waals surface area contributed by atoms with Gasteiger partial charge in [-0.05, 0) is 76.5 Å². The summed E-state index contributed by atoms with van der Waals surface area (Å²) in [4.78, 5) is 15.9. The van der Waals surface area contributed by atoms with Crippen molar-refractivity contribution in [3.05, 3.63) is 194 Å². The molecule has 4 heterocycles. The van der Waals surface area contributed by atoms with Crippen molar-refractivity contribution in [3.8, 4) is 51.0 Å². The van der Waals surface area contributed by atoms with E-state index in [0.29, 0.717) is 17.5 Å². The summed E-state index contributed by atoms with van der Waals surface area (Å²) in [6, 6.07) is 68.6. The zero-order chi connectivity index (χ0) is 40.0. The van der Waals surface area contributed by atoms with Gasteiger partial charge in [0, 0.05) is 53.0 Å². The Labute approximate surface area is 353 Å². The van der Waals surface area contributed by atoms with Gasteiger partial charge in [-0.15, -0.1) is 11.3 Å². The number of furan rings is 1. The van der Waals surface area contributed by atoms with Crippen LogP contribution in [0.1, 0.15) is 0 Å². The first kappa shape index (κ1) is 34.0. The summed E-state index contributed by atoms with van der Waals surface area (Å²) < 4.78 is 11.6. The van der Waals surface area contributed by atoms with Crippen LogP contribution in [0.25, 0.3) is 126 Å². The number of para-hydroxylation sites is 2. The zero-order valence-corrected chi connectivity index (χ0v) is 33.4. The Morgan fingerprint density at radius 3 is 1.85 bits per heavy atom. The van der Waals surface area contributed by atoms with Gasteiger partial charge in [0.2, 0.25) is 0 Å². The molecule has 0 aliphatic carbocycles. The van der Waals surface area contributed by atoms with Gasteiger partial charge >= 0.3 is 0 Å². The Morgan fingerprint density at radius 1 is 0.361 bits per heavy atom. The number of hydrogen-bond donors (Lipinski definition) is 0. The number of aromatic nitrogens is 4. The number of hydrogen-bond acceptors (Lipinski definition) is 5. The lowest BCUT2D eigenvalue weighted by Crippen LogP contribution is -2.01. The maximum absolute atomic E-state index is 6.74. The molecule has 0 saturated heterocycles. The van der Waals surface area contributed by atoms with Crippen LogP contribution in [0.4, 0.5) is 0 Å². The molecule has 284 valence electrons. The topological polar surface area (TPSA) is 56.7 Å². The van der Waals surface area contributed by atoms with Gasteiger partial charge < -0.3 is 8.98 Å². The fourth-order valence-corrected chi connectivity index (χ4v) is 10.3. The van der Waals surface area contributed by atoms with Crippen molar-refractivity contribution in [2.45, 2.75) is 0 Å². The maximum Gasteiger partial charge on any atom is 0.164 e. The molecule has 9 aromatic carbocycles. The van der Waals surface area contributed by atoms with Crippen LogP contribution >= 0.6 is 11.3 Å². The van der Waals surface area contributed by atoms with Gasteiger partial charge in [-0.1, -0.05) is 140 Å². The van der Waals surface area contributed by atoms with Gasteiger partial charge in [0.15, 0.2) is 17.5 Å². The minimum atomic E-state index is 0.566. The highest BCUT2D eigenvalue weighted by molar-refractivity contribution is 7.25. The van der Waals surface area contributed by atoms with E-state index in [-0.39, 0.29) is 0 Å². The molecule has 0 amide bonds. The third kappa shape index (κ3) is 5.43. The molecule has 0 fully saturated rings. The summed E-state index contributed by atoms with van der Waals surface area (Å²) in [5, 5.41) is 9.36. The lowest BCUT2D eigenvalue weighted by molar-refractivity contribution is 0.669. The van der Waals surface area contributed by atoms with E-state index in [9.17, 15) is 0 Å². The molecule has 0 unspecified atom stereocenters. The van der Waals surface area contributed by atoms with Gasteiger partial charge in [0.1, 0.15) is 11.2 Å². The Bertz CT molecular complexity index is 3900. The molecular formula is C55H32N4OS. The van der Waals surface area contributed by atoms with Crippen LogP contribution < -0.4 is 0 Å². The van der Waals surface area contributed by atoms with Crippen LogP contribution in [-0.4, -0.2) is 19.5 Å². The highest BCUT2D eigenvalue weighted by Gasteiger charge is 2.22. The second kappa shape index (κ2) is 13.3. The summed E-state index contributed by atoms with van der Waals surface area (Å²) in [5.41, 5.74) is 9.73. The third-order valence-electron chi connectivity index (χ3n) is 12.0. The van der Waals surface area contributed by atoms with Crippen LogP contribution in [0, 0.1) is 0 Å². The molecule has 0 spiro atoms. The highest BCUT2D eigenvalue weighted by Crippen LogP contribution is 2.42. The van der Waals surface area contributed by atoms with Crippen molar-refractivity contribution < 1.29 is 4.42 Å². The van der Waals surface area contributed by atoms with Gasteiger partial charge in [-0.2, -0.15) is 0 Å². The molecule has 0 aliphatic heterocycles. The third-order valence-corrected chi connectivity index (χ3v) is 13.1. The van der Waals surface area contributed by atoms with E-state index < -0.39 is 0 Å². The second-order valence-electron chi connectivity index (χ2n) is 15.6. The maximum atomic E-state index is 6.74. The van der Waals surface area contributed by atoms with Gasteiger partial charge in [0.25, 0.3) is 0 Å². The first-order valence-corrected chi connectivity index (χ1v) is 21.2. The normalized spacial score (nSPS) is 11.9. The Balaban J connectivity index is 1.09. The molecule has 0 bridgehead atoms. The molecule has 13 rings (SSSR count). The average Bonchev–Trinajstić information content (AvgIpc) is 4.00. The predicted molar refractivity (Wildman–Crippen MR) is 254 cm³/mol. The van der Waals surface area contributed by atoms with Crippen molar-refractivity contribution >= 4 is 86.0 Å². The lowest BCUT2D eigenvalue weighted by Gasteiger charge is -2.14. The zero-order valence-electron chi connectivity index (χ0n) is 32.6.